The van der Waals surface area contributed by atoms with Crippen molar-refractivity contribution in [3.8, 4) is 0 Å². The minimum atomic E-state index is 0.864. The summed E-state index contributed by atoms with van der Waals surface area (Å²) in [6.07, 6.45) is 1.72. The Bertz CT molecular complexity index is 774. The zero-order valence-corrected chi connectivity index (χ0v) is 11.4. The van der Waals surface area contributed by atoms with Gasteiger partial charge in [-0.3, -0.25) is 0 Å². The summed E-state index contributed by atoms with van der Waals surface area (Å²) in [5.41, 5.74) is 3.09. The molecule has 1 aliphatic rings. The normalized spacial score (nSPS) is 16.1. The van der Waals surface area contributed by atoms with Crippen molar-refractivity contribution < 1.29 is 4.52 Å². The van der Waals surface area contributed by atoms with Crippen molar-refractivity contribution in [1.29, 1.82) is 0 Å². The van der Waals surface area contributed by atoms with Gasteiger partial charge in [0.2, 0.25) is 0 Å². The highest BCUT2D eigenvalue weighted by Crippen LogP contribution is 2.31. The molecular weight excluding hydrogens is 252 g/mol. The van der Waals surface area contributed by atoms with Gasteiger partial charge in [0.25, 0.3) is 0 Å². The zero-order valence-electron chi connectivity index (χ0n) is 11.4. The Morgan fingerprint density at radius 2 is 2.05 bits per heavy atom. The molecule has 4 rings (SSSR count). The highest BCUT2D eigenvalue weighted by atomic mass is 16.5. The second-order valence-corrected chi connectivity index (χ2v) is 5.27. The van der Waals surface area contributed by atoms with E-state index in [2.05, 4.69) is 40.5 Å². The standard InChI is InChI=1S/C15H16N4O/c1-10-2-3-11-12-9-20-18-14(12)15(17-13(11)8-10)19-6-4-16-5-7-19/h2-3,8-9,16H,4-7H2,1H3. The molecule has 2 aromatic heterocycles. The number of anilines is 1. The fourth-order valence-corrected chi connectivity index (χ4v) is 2.82. The predicted molar refractivity (Wildman–Crippen MR) is 79.1 cm³/mol. The van der Waals surface area contributed by atoms with E-state index < -0.39 is 0 Å². The smallest absolute Gasteiger partial charge is 0.159 e. The van der Waals surface area contributed by atoms with Crippen LogP contribution in [0.4, 0.5) is 5.82 Å². The van der Waals surface area contributed by atoms with E-state index in [1.165, 1.54) is 5.56 Å². The first-order valence-corrected chi connectivity index (χ1v) is 6.93. The fraction of sp³-hybridized carbons (Fsp3) is 0.333. The fourth-order valence-electron chi connectivity index (χ4n) is 2.82. The van der Waals surface area contributed by atoms with Gasteiger partial charge in [-0.1, -0.05) is 17.3 Å². The minimum absolute atomic E-state index is 0.864. The third-order valence-corrected chi connectivity index (χ3v) is 3.87. The number of aryl methyl sites for hydroxylation is 1. The number of nitrogens with zero attached hydrogens (tertiary/aromatic N) is 3. The third-order valence-electron chi connectivity index (χ3n) is 3.87. The number of benzene rings is 1. The zero-order chi connectivity index (χ0) is 13.5. The number of hydrogen-bond donors (Lipinski definition) is 1. The third kappa shape index (κ3) is 1.74. The first-order valence-electron chi connectivity index (χ1n) is 6.93. The summed E-state index contributed by atoms with van der Waals surface area (Å²) < 4.78 is 5.20. The van der Waals surface area contributed by atoms with Crippen LogP contribution < -0.4 is 10.2 Å². The molecule has 1 aliphatic heterocycles. The van der Waals surface area contributed by atoms with Gasteiger partial charge in [0.05, 0.1) is 10.9 Å². The van der Waals surface area contributed by atoms with E-state index in [-0.39, 0.29) is 0 Å². The van der Waals surface area contributed by atoms with Crippen molar-refractivity contribution in [2.45, 2.75) is 6.92 Å². The minimum Gasteiger partial charge on any atom is -0.363 e. The van der Waals surface area contributed by atoms with Crippen LogP contribution in [0.2, 0.25) is 0 Å². The highest BCUT2D eigenvalue weighted by molar-refractivity contribution is 6.08. The molecule has 0 aliphatic carbocycles. The molecule has 20 heavy (non-hydrogen) atoms. The largest absolute Gasteiger partial charge is 0.363 e. The lowest BCUT2D eigenvalue weighted by Crippen LogP contribution is -2.44. The summed E-state index contributed by atoms with van der Waals surface area (Å²) in [6, 6.07) is 6.31. The molecule has 3 heterocycles. The van der Waals surface area contributed by atoms with Crippen LogP contribution in [0, 0.1) is 6.92 Å². The Labute approximate surface area is 116 Å². The van der Waals surface area contributed by atoms with E-state index in [1.54, 1.807) is 6.26 Å². The lowest BCUT2D eigenvalue weighted by atomic mass is 10.1. The maximum Gasteiger partial charge on any atom is 0.159 e. The molecule has 0 saturated carbocycles. The van der Waals surface area contributed by atoms with E-state index in [1.807, 2.05) is 0 Å². The Kier molecular flexibility index (Phi) is 2.60. The second kappa shape index (κ2) is 4.45. The molecule has 0 atom stereocenters. The summed E-state index contributed by atoms with van der Waals surface area (Å²) in [6.45, 7) is 5.95. The van der Waals surface area contributed by atoms with E-state index in [9.17, 15) is 0 Å². The molecule has 0 radical (unpaired) electrons. The molecule has 1 aromatic carbocycles. The van der Waals surface area contributed by atoms with Crippen molar-refractivity contribution in [1.82, 2.24) is 15.5 Å². The number of hydrogen-bond acceptors (Lipinski definition) is 5. The first-order chi connectivity index (χ1) is 9.83. The van der Waals surface area contributed by atoms with Gasteiger partial charge in [0.1, 0.15) is 6.26 Å². The molecular formula is C15H16N4O. The van der Waals surface area contributed by atoms with Crippen molar-refractivity contribution in [2.24, 2.45) is 0 Å². The number of pyridine rings is 1. The van der Waals surface area contributed by atoms with E-state index in [4.69, 9.17) is 9.51 Å². The van der Waals surface area contributed by atoms with Crippen LogP contribution in [0.5, 0.6) is 0 Å². The molecule has 0 unspecified atom stereocenters. The SMILES string of the molecule is Cc1ccc2c(c1)nc(N1CCNCC1)c1nocc12. The molecule has 1 saturated heterocycles. The van der Waals surface area contributed by atoms with E-state index in [0.29, 0.717) is 0 Å². The molecule has 3 aromatic rings. The van der Waals surface area contributed by atoms with Gasteiger partial charge in [-0.2, -0.15) is 0 Å². The molecule has 0 bridgehead atoms. The van der Waals surface area contributed by atoms with Crippen LogP contribution in [-0.4, -0.2) is 36.3 Å². The lowest BCUT2D eigenvalue weighted by Gasteiger charge is -2.28. The van der Waals surface area contributed by atoms with Crippen molar-refractivity contribution >= 4 is 27.6 Å². The van der Waals surface area contributed by atoms with Crippen LogP contribution in [0.3, 0.4) is 0 Å². The Balaban J connectivity index is 1.99. The summed E-state index contributed by atoms with van der Waals surface area (Å²) >= 11 is 0. The van der Waals surface area contributed by atoms with Crippen LogP contribution in [0.25, 0.3) is 21.8 Å². The molecule has 102 valence electrons. The molecule has 5 heteroatoms. The van der Waals surface area contributed by atoms with Gasteiger partial charge >= 0.3 is 0 Å². The van der Waals surface area contributed by atoms with Gasteiger partial charge in [0, 0.05) is 31.6 Å². The molecule has 1 fully saturated rings. The molecule has 5 nitrogen and oxygen atoms in total. The van der Waals surface area contributed by atoms with Gasteiger partial charge in [-0.25, -0.2) is 4.98 Å². The van der Waals surface area contributed by atoms with E-state index >= 15 is 0 Å². The summed E-state index contributed by atoms with van der Waals surface area (Å²) in [4.78, 5) is 7.12. The first kappa shape index (κ1) is 11.7. The summed E-state index contributed by atoms with van der Waals surface area (Å²) in [7, 11) is 0. The maximum absolute atomic E-state index is 5.20. The average molecular weight is 268 g/mol. The van der Waals surface area contributed by atoms with Crippen molar-refractivity contribution in [2.75, 3.05) is 31.1 Å². The second-order valence-electron chi connectivity index (χ2n) is 5.27. The maximum atomic E-state index is 5.20. The Morgan fingerprint density at radius 3 is 2.90 bits per heavy atom. The van der Waals surface area contributed by atoms with Crippen LogP contribution >= 0.6 is 0 Å². The number of aromatic nitrogens is 2. The van der Waals surface area contributed by atoms with E-state index in [0.717, 1.165) is 53.8 Å². The summed E-state index contributed by atoms with van der Waals surface area (Å²) in [5.74, 6) is 0.938. The molecule has 0 spiro atoms. The highest BCUT2D eigenvalue weighted by Gasteiger charge is 2.19. The van der Waals surface area contributed by atoms with Crippen LogP contribution in [-0.2, 0) is 0 Å². The average Bonchev–Trinajstić information content (AvgIpc) is 2.96. The monoisotopic (exact) mass is 268 g/mol. The van der Waals surface area contributed by atoms with Gasteiger partial charge in [-0.05, 0) is 18.6 Å². The predicted octanol–water partition coefficient (Wildman–Crippen LogP) is 2.09. The summed E-state index contributed by atoms with van der Waals surface area (Å²) in [5, 5.41) is 9.67. The Morgan fingerprint density at radius 1 is 1.20 bits per heavy atom. The number of nitrogens with one attached hydrogen (secondary N) is 1. The topological polar surface area (TPSA) is 54.2 Å². The van der Waals surface area contributed by atoms with Crippen molar-refractivity contribution in [3.63, 3.8) is 0 Å². The van der Waals surface area contributed by atoms with Crippen LogP contribution in [0.1, 0.15) is 5.56 Å². The quantitative estimate of drug-likeness (QED) is 0.732. The molecule has 0 amide bonds. The van der Waals surface area contributed by atoms with Gasteiger partial charge in [-0.15, -0.1) is 0 Å². The van der Waals surface area contributed by atoms with Crippen molar-refractivity contribution in [3.05, 3.63) is 30.0 Å². The number of rotatable bonds is 1. The number of fused-ring (bicyclic) bond motifs is 3. The lowest BCUT2D eigenvalue weighted by molar-refractivity contribution is 0.428. The van der Waals surface area contributed by atoms with Crippen LogP contribution in [0.15, 0.2) is 29.0 Å². The Hall–Kier alpha value is -2.14. The number of piperazine rings is 1. The van der Waals surface area contributed by atoms with Gasteiger partial charge in [0.15, 0.2) is 11.3 Å². The van der Waals surface area contributed by atoms with Gasteiger partial charge < -0.3 is 14.7 Å². The molecule has 1 N–H and O–H groups in total.